The Hall–Kier alpha value is -2.11. The number of pyridine rings is 1. The lowest BCUT2D eigenvalue weighted by atomic mass is 10.0. The number of amides is 2. The summed E-state index contributed by atoms with van der Waals surface area (Å²) < 4.78 is 0. The van der Waals surface area contributed by atoms with Crippen molar-refractivity contribution < 1.29 is 9.59 Å². The number of hydrogen-bond acceptors (Lipinski definition) is 4. The lowest BCUT2D eigenvalue weighted by molar-refractivity contribution is -0.136. The van der Waals surface area contributed by atoms with Gasteiger partial charge < -0.3 is 15.1 Å². The Kier molecular flexibility index (Phi) is 5.56. The molecule has 0 aliphatic carbocycles. The first kappa shape index (κ1) is 17.7. The molecule has 1 aromatic heterocycles. The van der Waals surface area contributed by atoms with Crippen LogP contribution in [-0.4, -0.2) is 47.4 Å². The fourth-order valence-electron chi connectivity index (χ4n) is 3.77. The van der Waals surface area contributed by atoms with Crippen LogP contribution in [0.4, 0.5) is 11.5 Å². The van der Waals surface area contributed by atoms with Gasteiger partial charge in [-0.1, -0.05) is 13.8 Å². The second-order valence-electron chi connectivity index (χ2n) is 7.32. The first-order chi connectivity index (χ1) is 12.1. The maximum absolute atomic E-state index is 12.7. The Labute approximate surface area is 149 Å². The van der Waals surface area contributed by atoms with Crippen LogP contribution < -0.4 is 10.2 Å². The SMILES string of the molecule is CC(C)[C@H](C(=O)Nc1ccc(N2CCCCC2)cn1)N1CCCC1=O. The monoisotopic (exact) mass is 344 g/mol. The van der Waals surface area contributed by atoms with E-state index in [9.17, 15) is 9.59 Å². The van der Waals surface area contributed by atoms with Gasteiger partial charge in [-0.05, 0) is 43.7 Å². The molecule has 1 aromatic rings. The molecular formula is C19H28N4O2. The van der Waals surface area contributed by atoms with Gasteiger partial charge in [-0.3, -0.25) is 9.59 Å². The number of hydrogen-bond donors (Lipinski definition) is 1. The van der Waals surface area contributed by atoms with Gasteiger partial charge in [0.2, 0.25) is 11.8 Å². The minimum atomic E-state index is -0.432. The Bertz CT molecular complexity index is 608. The number of rotatable bonds is 5. The largest absolute Gasteiger partial charge is 0.370 e. The molecule has 0 bridgehead atoms. The summed E-state index contributed by atoms with van der Waals surface area (Å²) in [6.45, 7) is 6.75. The quantitative estimate of drug-likeness (QED) is 0.892. The molecular weight excluding hydrogens is 316 g/mol. The predicted octanol–water partition coefficient (Wildman–Crippen LogP) is 2.66. The molecule has 0 unspecified atom stereocenters. The molecule has 0 radical (unpaired) electrons. The minimum Gasteiger partial charge on any atom is -0.370 e. The first-order valence-electron chi connectivity index (χ1n) is 9.37. The van der Waals surface area contributed by atoms with E-state index >= 15 is 0 Å². The highest BCUT2D eigenvalue weighted by atomic mass is 16.2. The van der Waals surface area contributed by atoms with Crippen molar-refractivity contribution in [2.75, 3.05) is 29.9 Å². The maximum Gasteiger partial charge on any atom is 0.248 e. The van der Waals surface area contributed by atoms with Crippen molar-refractivity contribution in [1.82, 2.24) is 9.88 Å². The summed E-state index contributed by atoms with van der Waals surface area (Å²) in [5.41, 5.74) is 1.10. The summed E-state index contributed by atoms with van der Waals surface area (Å²) in [5.74, 6) is 0.531. The normalized spacial score (nSPS) is 19.4. The predicted molar refractivity (Wildman–Crippen MR) is 98.5 cm³/mol. The van der Waals surface area contributed by atoms with E-state index in [-0.39, 0.29) is 17.7 Å². The van der Waals surface area contributed by atoms with Gasteiger partial charge in [-0.2, -0.15) is 0 Å². The van der Waals surface area contributed by atoms with Gasteiger partial charge in [0.25, 0.3) is 0 Å². The van der Waals surface area contributed by atoms with Crippen LogP contribution in [0, 0.1) is 5.92 Å². The van der Waals surface area contributed by atoms with Crippen LogP contribution in [-0.2, 0) is 9.59 Å². The third kappa shape index (κ3) is 4.11. The van der Waals surface area contributed by atoms with Gasteiger partial charge in [0.1, 0.15) is 11.9 Å². The molecule has 0 spiro atoms. The highest BCUT2D eigenvalue weighted by molar-refractivity contribution is 5.97. The summed E-state index contributed by atoms with van der Waals surface area (Å²) in [5, 5.41) is 2.89. The Morgan fingerprint density at radius 2 is 1.88 bits per heavy atom. The number of nitrogens with zero attached hydrogens (tertiary/aromatic N) is 3. The smallest absolute Gasteiger partial charge is 0.248 e. The number of aromatic nitrogens is 1. The molecule has 0 aromatic carbocycles. The second kappa shape index (κ2) is 7.85. The number of anilines is 2. The second-order valence-corrected chi connectivity index (χ2v) is 7.32. The lowest BCUT2D eigenvalue weighted by Crippen LogP contribution is -2.48. The van der Waals surface area contributed by atoms with E-state index in [1.807, 2.05) is 32.2 Å². The van der Waals surface area contributed by atoms with Crippen LogP contribution >= 0.6 is 0 Å². The first-order valence-corrected chi connectivity index (χ1v) is 9.37. The van der Waals surface area contributed by atoms with E-state index in [1.54, 1.807) is 4.90 Å². The number of carbonyl (C=O) groups is 2. The van der Waals surface area contributed by atoms with Crippen molar-refractivity contribution in [1.29, 1.82) is 0 Å². The zero-order valence-corrected chi connectivity index (χ0v) is 15.2. The molecule has 6 nitrogen and oxygen atoms in total. The third-order valence-electron chi connectivity index (χ3n) is 5.07. The molecule has 1 N–H and O–H groups in total. The Morgan fingerprint density at radius 3 is 2.44 bits per heavy atom. The summed E-state index contributed by atoms with van der Waals surface area (Å²) in [6, 6.07) is 3.43. The molecule has 136 valence electrons. The molecule has 2 amide bonds. The summed E-state index contributed by atoms with van der Waals surface area (Å²) >= 11 is 0. The molecule has 2 fully saturated rings. The standard InChI is InChI=1S/C19H28N4O2/c1-14(2)18(23-12-6-7-17(23)24)19(25)21-16-9-8-15(13-20-16)22-10-4-3-5-11-22/h8-9,13-14,18H,3-7,10-12H2,1-2H3,(H,20,21,25)/t18-/m1/s1. The minimum absolute atomic E-state index is 0.0645. The van der Waals surface area contributed by atoms with E-state index < -0.39 is 6.04 Å². The molecule has 2 aliphatic rings. The van der Waals surface area contributed by atoms with Gasteiger partial charge in [0.15, 0.2) is 0 Å². The Balaban J connectivity index is 1.65. The van der Waals surface area contributed by atoms with Crippen molar-refractivity contribution in [2.24, 2.45) is 5.92 Å². The van der Waals surface area contributed by atoms with Crippen LogP contribution in [0.5, 0.6) is 0 Å². The van der Waals surface area contributed by atoms with Crippen LogP contribution in [0.3, 0.4) is 0 Å². The third-order valence-corrected chi connectivity index (χ3v) is 5.07. The van der Waals surface area contributed by atoms with Gasteiger partial charge in [0.05, 0.1) is 11.9 Å². The molecule has 6 heteroatoms. The zero-order valence-electron chi connectivity index (χ0n) is 15.2. The summed E-state index contributed by atoms with van der Waals surface area (Å²) in [6.07, 6.45) is 6.93. The van der Waals surface area contributed by atoms with Crippen LogP contribution in [0.15, 0.2) is 18.3 Å². The molecule has 3 heterocycles. The van der Waals surface area contributed by atoms with E-state index in [0.717, 1.165) is 25.2 Å². The van der Waals surface area contributed by atoms with Crippen molar-refractivity contribution in [2.45, 2.75) is 52.0 Å². The molecule has 1 atom stereocenters. The number of nitrogens with one attached hydrogen (secondary N) is 1. The van der Waals surface area contributed by atoms with E-state index in [2.05, 4.69) is 15.2 Å². The van der Waals surface area contributed by atoms with E-state index in [0.29, 0.717) is 18.8 Å². The molecule has 25 heavy (non-hydrogen) atoms. The van der Waals surface area contributed by atoms with Crippen LogP contribution in [0.2, 0.25) is 0 Å². The average molecular weight is 344 g/mol. The number of likely N-dealkylation sites (tertiary alicyclic amines) is 1. The molecule has 2 saturated heterocycles. The summed E-state index contributed by atoms with van der Waals surface area (Å²) in [4.78, 5) is 33.2. The Morgan fingerprint density at radius 1 is 1.12 bits per heavy atom. The van der Waals surface area contributed by atoms with Crippen molar-refractivity contribution in [3.05, 3.63) is 18.3 Å². The van der Waals surface area contributed by atoms with E-state index in [4.69, 9.17) is 0 Å². The fourth-order valence-corrected chi connectivity index (χ4v) is 3.77. The van der Waals surface area contributed by atoms with Crippen molar-refractivity contribution >= 4 is 23.3 Å². The van der Waals surface area contributed by atoms with Crippen LogP contribution in [0.1, 0.15) is 46.0 Å². The molecule has 3 rings (SSSR count). The topological polar surface area (TPSA) is 65.5 Å². The number of piperidine rings is 1. The summed E-state index contributed by atoms with van der Waals surface area (Å²) in [7, 11) is 0. The van der Waals surface area contributed by atoms with Gasteiger partial charge >= 0.3 is 0 Å². The van der Waals surface area contributed by atoms with Crippen molar-refractivity contribution in [3.63, 3.8) is 0 Å². The molecule has 0 saturated carbocycles. The zero-order chi connectivity index (χ0) is 17.8. The van der Waals surface area contributed by atoms with Gasteiger partial charge in [-0.15, -0.1) is 0 Å². The highest BCUT2D eigenvalue weighted by Crippen LogP contribution is 2.22. The fraction of sp³-hybridized carbons (Fsp3) is 0.632. The van der Waals surface area contributed by atoms with Gasteiger partial charge in [-0.25, -0.2) is 4.98 Å². The number of carbonyl (C=O) groups excluding carboxylic acids is 2. The lowest BCUT2D eigenvalue weighted by Gasteiger charge is -2.30. The van der Waals surface area contributed by atoms with E-state index in [1.165, 1.54) is 19.3 Å². The average Bonchev–Trinajstić information content (AvgIpc) is 3.02. The maximum atomic E-state index is 12.7. The molecule has 2 aliphatic heterocycles. The van der Waals surface area contributed by atoms with Crippen LogP contribution in [0.25, 0.3) is 0 Å². The highest BCUT2D eigenvalue weighted by Gasteiger charge is 2.35. The van der Waals surface area contributed by atoms with Gasteiger partial charge in [0, 0.05) is 26.1 Å². The van der Waals surface area contributed by atoms with Crippen molar-refractivity contribution in [3.8, 4) is 0 Å².